The van der Waals surface area contributed by atoms with Crippen molar-refractivity contribution in [2.24, 2.45) is 0 Å². The summed E-state index contributed by atoms with van der Waals surface area (Å²) in [5, 5.41) is 0. The lowest BCUT2D eigenvalue weighted by atomic mass is 10.0. The molecule has 0 saturated heterocycles. The summed E-state index contributed by atoms with van der Waals surface area (Å²) < 4.78 is 0. The maximum Gasteiger partial charge on any atom is 0.0319 e. The summed E-state index contributed by atoms with van der Waals surface area (Å²) in [5.74, 6) is 0. The topological polar surface area (TPSA) is 3.24 Å². The van der Waals surface area contributed by atoms with Crippen molar-refractivity contribution in [3.63, 3.8) is 0 Å². The molecule has 104 valence electrons. The van der Waals surface area contributed by atoms with Gasteiger partial charge in [0.15, 0.2) is 0 Å². The summed E-state index contributed by atoms with van der Waals surface area (Å²) in [6, 6.07) is 11.2. The minimum absolute atomic E-state index is 0.456. The van der Waals surface area contributed by atoms with Crippen LogP contribution in [0.15, 0.2) is 54.1 Å². The van der Waals surface area contributed by atoms with E-state index in [2.05, 4.69) is 81.2 Å². The Bertz CT molecular complexity index is 403. The van der Waals surface area contributed by atoms with Gasteiger partial charge in [-0.3, -0.25) is 4.90 Å². The van der Waals surface area contributed by atoms with Crippen LogP contribution in [-0.4, -0.2) is 17.5 Å². The largest absolute Gasteiger partial charge is 0.293 e. The van der Waals surface area contributed by atoms with Gasteiger partial charge in [-0.25, -0.2) is 0 Å². The molecule has 1 atom stereocenters. The van der Waals surface area contributed by atoms with Gasteiger partial charge in [-0.1, -0.05) is 62.4 Å². The van der Waals surface area contributed by atoms with Crippen molar-refractivity contribution >= 4 is 0 Å². The highest BCUT2D eigenvalue weighted by Crippen LogP contribution is 2.15. The fourth-order valence-corrected chi connectivity index (χ4v) is 2.28. The van der Waals surface area contributed by atoms with Gasteiger partial charge < -0.3 is 0 Å². The average Bonchev–Trinajstić information content (AvgIpc) is 2.46. The minimum atomic E-state index is 0.456. The monoisotopic (exact) mass is 257 g/mol. The second-order valence-electron chi connectivity index (χ2n) is 4.82. The smallest absolute Gasteiger partial charge is 0.0319 e. The van der Waals surface area contributed by atoms with E-state index in [9.17, 15) is 0 Å². The number of hydrogen-bond donors (Lipinski definition) is 0. The number of nitrogens with zero attached hydrogens (tertiary/aromatic N) is 1. The first kappa shape index (κ1) is 15.7. The van der Waals surface area contributed by atoms with Crippen LogP contribution in [0, 0.1) is 0 Å². The predicted molar refractivity (Wildman–Crippen MR) is 85.2 cm³/mol. The van der Waals surface area contributed by atoms with Gasteiger partial charge in [0.1, 0.15) is 0 Å². The molecule has 0 heterocycles. The molecule has 0 aliphatic heterocycles. The van der Waals surface area contributed by atoms with E-state index in [0.717, 1.165) is 19.5 Å². The zero-order valence-corrected chi connectivity index (χ0v) is 12.8. The Kier molecular flexibility index (Phi) is 7.20. The highest BCUT2D eigenvalue weighted by molar-refractivity contribution is 5.24. The molecule has 1 nitrogen and oxygen atoms in total. The highest BCUT2D eigenvalue weighted by Gasteiger charge is 2.14. The van der Waals surface area contributed by atoms with Gasteiger partial charge in [-0.05, 0) is 37.9 Å². The van der Waals surface area contributed by atoms with Crippen LogP contribution in [0.25, 0.3) is 0 Å². The minimum Gasteiger partial charge on any atom is -0.293 e. The van der Waals surface area contributed by atoms with Crippen LogP contribution in [-0.2, 0) is 6.54 Å². The molecule has 0 saturated carbocycles. The maximum absolute atomic E-state index is 2.50. The molecule has 0 radical (unpaired) electrons. The SMILES string of the molecule is C/C=C(\C=C/CC)C(C)N(CC)Cc1ccccc1. The number of hydrogen-bond acceptors (Lipinski definition) is 1. The van der Waals surface area contributed by atoms with E-state index in [1.807, 2.05) is 0 Å². The van der Waals surface area contributed by atoms with Crippen LogP contribution in [0.4, 0.5) is 0 Å². The molecule has 0 fully saturated rings. The molecule has 19 heavy (non-hydrogen) atoms. The molecule has 1 rings (SSSR count). The van der Waals surface area contributed by atoms with Crippen LogP contribution in [0.2, 0.25) is 0 Å². The summed E-state index contributed by atoms with van der Waals surface area (Å²) in [4.78, 5) is 2.50. The van der Waals surface area contributed by atoms with Crippen molar-refractivity contribution in [2.45, 2.75) is 46.7 Å². The maximum atomic E-state index is 2.50. The molecule has 1 aromatic carbocycles. The molecule has 0 spiro atoms. The zero-order valence-electron chi connectivity index (χ0n) is 12.8. The lowest BCUT2D eigenvalue weighted by Crippen LogP contribution is -2.33. The van der Waals surface area contributed by atoms with Gasteiger partial charge >= 0.3 is 0 Å². The molecule has 1 unspecified atom stereocenters. The van der Waals surface area contributed by atoms with Crippen molar-refractivity contribution in [2.75, 3.05) is 6.54 Å². The first-order chi connectivity index (χ1) is 9.22. The van der Waals surface area contributed by atoms with Crippen molar-refractivity contribution in [1.29, 1.82) is 0 Å². The lowest BCUT2D eigenvalue weighted by molar-refractivity contribution is 0.239. The molecule has 0 aliphatic carbocycles. The molecule has 0 aromatic heterocycles. The summed E-state index contributed by atoms with van der Waals surface area (Å²) >= 11 is 0. The normalized spacial score (nSPS) is 14.3. The lowest BCUT2D eigenvalue weighted by Gasteiger charge is -2.29. The average molecular weight is 257 g/mol. The van der Waals surface area contributed by atoms with Gasteiger partial charge in [0.05, 0.1) is 0 Å². The summed E-state index contributed by atoms with van der Waals surface area (Å²) in [5.41, 5.74) is 2.78. The first-order valence-electron chi connectivity index (χ1n) is 7.33. The van der Waals surface area contributed by atoms with Crippen molar-refractivity contribution in [1.82, 2.24) is 4.90 Å². The molecular weight excluding hydrogens is 230 g/mol. The third-order valence-electron chi connectivity index (χ3n) is 3.54. The Hall–Kier alpha value is -1.34. The Morgan fingerprint density at radius 1 is 1.21 bits per heavy atom. The van der Waals surface area contributed by atoms with Crippen LogP contribution >= 0.6 is 0 Å². The number of allylic oxidation sites excluding steroid dienone is 2. The van der Waals surface area contributed by atoms with Gasteiger partial charge in [0.2, 0.25) is 0 Å². The standard InChI is InChI=1S/C18H27N/c1-5-8-14-18(6-2)16(4)19(7-3)15-17-12-10-9-11-13-17/h6,8-14,16H,5,7,15H2,1-4H3/b14-8-,18-6+. The fraction of sp³-hybridized carbons (Fsp3) is 0.444. The Morgan fingerprint density at radius 2 is 1.89 bits per heavy atom. The second-order valence-corrected chi connectivity index (χ2v) is 4.82. The molecule has 0 aliphatic rings. The van der Waals surface area contributed by atoms with E-state index in [0.29, 0.717) is 6.04 Å². The number of likely N-dealkylation sites (N-methyl/N-ethyl adjacent to an activating group) is 1. The highest BCUT2D eigenvalue weighted by atomic mass is 15.1. The van der Waals surface area contributed by atoms with Crippen LogP contribution in [0.1, 0.15) is 39.7 Å². The summed E-state index contributed by atoms with van der Waals surface area (Å²) in [6.45, 7) is 10.9. The van der Waals surface area contributed by atoms with Crippen molar-refractivity contribution in [3.05, 3.63) is 59.7 Å². The fourth-order valence-electron chi connectivity index (χ4n) is 2.28. The Balaban J connectivity index is 2.76. The van der Waals surface area contributed by atoms with Crippen LogP contribution in [0.3, 0.4) is 0 Å². The van der Waals surface area contributed by atoms with Gasteiger partial charge in [0, 0.05) is 12.6 Å². The van der Waals surface area contributed by atoms with Gasteiger partial charge in [-0.2, -0.15) is 0 Å². The van der Waals surface area contributed by atoms with E-state index in [1.54, 1.807) is 0 Å². The van der Waals surface area contributed by atoms with E-state index in [4.69, 9.17) is 0 Å². The first-order valence-corrected chi connectivity index (χ1v) is 7.33. The van der Waals surface area contributed by atoms with E-state index in [-0.39, 0.29) is 0 Å². The van der Waals surface area contributed by atoms with Crippen molar-refractivity contribution in [3.8, 4) is 0 Å². The van der Waals surface area contributed by atoms with Crippen LogP contribution in [0.5, 0.6) is 0 Å². The van der Waals surface area contributed by atoms with E-state index in [1.165, 1.54) is 11.1 Å². The van der Waals surface area contributed by atoms with E-state index >= 15 is 0 Å². The molecule has 1 aromatic rings. The predicted octanol–water partition coefficient (Wildman–Crippen LogP) is 4.81. The van der Waals surface area contributed by atoms with Gasteiger partial charge in [-0.15, -0.1) is 0 Å². The van der Waals surface area contributed by atoms with Crippen LogP contribution < -0.4 is 0 Å². The molecule has 1 heteroatoms. The van der Waals surface area contributed by atoms with Gasteiger partial charge in [0.25, 0.3) is 0 Å². The Morgan fingerprint density at radius 3 is 2.42 bits per heavy atom. The summed E-state index contributed by atoms with van der Waals surface area (Å²) in [6.07, 6.45) is 7.82. The number of benzene rings is 1. The Labute approximate surface area is 118 Å². The number of rotatable bonds is 7. The molecular formula is C18H27N. The third kappa shape index (κ3) is 5.04. The quantitative estimate of drug-likeness (QED) is 0.634. The molecule has 0 N–H and O–H groups in total. The molecule has 0 bridgehead atoms. The zero-order chi connectivity index (χ0) is 14.1. The van der Waals surface area contributed by atoms with Crippen molar-refractivity contribution < 1.29 is 0 Å². The summed E-state index contributed by atoms with van der Waals surface area (Å²) in [7, 11) is 0. The van der Waals surface area contributed by atoms with E-state index < -0.39 is 0 Å². The third-order valence-corrected chi connectivity index (χ3v) is 3.54. The molecule has 0 amide bonds. The second kappa shape index (κ2) is 8.71.